The maximum absolute atomic E-state index is 12.4. The van der Waals surface area contributed by atoms with Gasteiger partial charge in [-0.25, -0.2) is 13.1 Å². The van der Waals surface area contributed by atoms with Gasteiger partial charge in [0.25, 0.3) is 0 Å². The molecule has 8 heteroatoms. The number of hydrogen-bond donors (Lipinski definition) is 1. The fourth-order valence-corrected chi connectivity index (χ4v) is 4.90. The summed E-state index contributed by atoms with van der Waals surface area (Å²) in [6.07, 6.45) is 0.640. The molecule has 0 aliphatic carbocycles. The summed E-state index contributed by atoms with van der Waals surface area (Å²) < 4.78 is 33.0. The molecule has 0 bridgehead atoms. The molecule has 0 saturated carbocycles. The molecule has 0 amide bonds. The molecule has 0 aliphatic rings. The van der Waals surface area contributed by atoms with Gasteiger partial charge in [0.2, 0.25) is 10.0 Å². The molecule has 1 N–H and O–H groups in total. The molecular formula is C13H13BrClNO3S2. The van der Waals surface area contributed by atoms with Crippen molar-refractivity contribution in [1.82, 2.24) is 4.72 Å². The van der Waals surface area contributed by atoms with Gasteiger partial charge in [-0.1, -0.05) is 17.7 Å². The van der Waals surface area contributed by atoms with Gasteiger partial charge in [-0.05, 0) is 45.9 Å². The summed E-state index contributed by atoms with van der Waals surface area (Å²) in [4.78, 5) is 1.15. The second-order valence-corrected chi connectivity index (χ2v) is 8.20. The summed E-state index contributed by atoms with van der Waals surface area (Å²) in [5.74, 6) is 0.239. The molecule has 0 saturated heterocycles. The van der Waals surface area contributed by atoms with E-state index >= 15 is 0 Å². The van der Waals surface area contributed by atoms with Crippen LogP contribution in [0, 0.1) is 0 Å². The predicted octanol–water partition coefficient (Wildman–Crippen LogP) is 3.69. The van der Waals surface area contributed by atoms with Gasteiger partial charge in [0, 0.05) is 16.4 Å². The van der Waals surface area contributed by atoms with Gasteiger partial charge in [0.05, 0.1) is 11.6 Å². The molecule has 114 valence electrons. The first-order chi connectivity index (χ1) is 9.94. The molecule has 0 fully saturated rings. The Labute approximate surface area is 141 Å². The smallest absolute Gasteiger partial charge is 0.244 e. The Morgan fingerprint density at radius 1 is 1.43 bits per heavy atom. The van der Waals surface area contributed by atoms with E-state index in [0.29, 0.717) is 22.5 Å². The van der Waals surface area contributed by atoms with E-state index in [4.69, 9.17) is 16.3 Å². The van der Waals surface area contributed by atoms with Crippen molar-refractivity contribution in [2.24, 2.45) is 0 Å². The first-order valence-corrected chi connectivity index (χ1v) is 9.52. The largest absolute Gasteiger partial charge is 0.494 e. The van der Waals surface area contributed by atoms with E-state index < -0.39 is 10.0 Å². The molecule has 2 aromatic rings. The Morgan fingerprint density at radius 3 is 2.81 bits per heavy atom. The molecule has 1 aromatic heterocycles. The Kier molecular flexibility index (Phi) is 5.67. The fourth-order valence-electron chi connectivity index (χ4n) is 1.78. The summed E-state index contributed by atoms with van der Waals surface area (Å²) >= 11 is 10.8. The highest BCUT2D eigenvalue weighted by atomic mass is 79.9. The molecule has 0 radical (unpaired) electrons. The number of sulfonamides is 1. The van der Waals surface area contributed by atoms with Gasteiger partial charge in [-0.2, -0.15) is 0 Å². The van der Waals surface area contributed by atoms with Gasteiger partial charge >= 0.3 is 0 Å². The first-order valence-electron chi connectivity index (χ1n) is 5.99. The minimum atomic E-state index is -3.69. The lowest BCUT2D eigenvalue weighted by Gasteiger charge is -2.12. The zero-order chi connectivity index (χ0) is 15.5. The predicted molar refractivity (Wildman–Crippen MR) is 88.9 cm³/mol. The zero-order valence-corrected chi connectivity index (χ0v) is 15.1. The molecule has 0 atom stereocenters. The minimum absolute atomic E-state index is 0.0237. The van der Waals surface area contributed by atoms with E-state index in [1.165, 1.54) is 13.2 Å². The lowest BCUT2D eigenvalue weighted by Crippen LogP contribution is -2.26. The van der Waals surface area contributed by atoms with Crippen molar-refractivity contribution in [3.05, 3.63) is 44.0 Å². The molecule has 1 heterocycles. The van der Waals surface area contributed by atoms with Crippen LogP contribution in [-0.2, 0) is 16.4 Å². The van der Waals surface area contributed by atoms with Crippen molar-refractivity contribution in [2.45, 2.75) is 11.3 Å². The van der Waals surface area contributed by atoms with Crippen LogP contribution in [0.4, 0.5) is 0 Å². The Balaban J connectivity index is 2.19. The third kappa shape index (κ3) is 4.20. The number of ether oxygens (including phenoxy) is 1. The van der Waals surface area contributed by atoms with Crippen LogP contribution in [0.25, 0.3) is 0 Å². The average molecular weight is 411 g/mol. The summed E-state index contributed by atoms with van der Waals surface area (Å²) in [6, 6.07) is 6.87. The van der Waals surface area contributed by atoms with E-state index in [-0.39, 0.29) is 10.6 Å². The monoisotopic (exact) mass is 409 g/mol. The fraction of sp³-hybridized carbons (Fsp3) is 0.231. The van der Waals surface area contributed by atoms with E-state index in [1.54, 1.807) is 17.4 Å². The van der Waals surface area contributed by atoms with Gasteiger partial charge in [-0.15, -0.1) is 11.3 Å². The highest BCUT2D eigenvalue weighted by molar-refractivity contribution is 9.10. The second-order valence-electron chi connectivity index (χ2n) is 4.15. The third-order valence-electron chi connectivity index (χ3n) is 2.71. The van der Waals surface area contributed by atoms with Crippen molar-refractivity contribution in [3.63, 3.8) is 0 Å². The quantitative estimate of drug-likeness (QED) is 0.790. The van der Waals surface area contributed by atoms with Crippen LogP contribution in [0.3, 0.4) is 0 Å². The summed E-state index contributed by atoms with van der Waals surface area (Å²) in [5.41, 5.74) is 0. The first kappa shape index (κ1) is 16.8. The van der Waals surface area contributed by atoms with E-state index in [1.807, 2.05) is 17.5 Å². The summed E-state index contributed by atoms with van der Waals surface area (Å²) in [6.45, 7) is 0.316. The molecule has 4 nitrogen and oxygen atoms in total. The SMILES string of the molecule is COc1c(Br)cc(Cl)cc1S(=O)(=O)NCCc1cccs1. The van der Waals surface area contributed by atoms with Crippen molar-refractivity contribution < 1.29 is 13.2 Å². The van der Waals surface area contributed by atoms with Gasteiger partial charge < -0.3 is 4.74 Å². The number of halogens is 2. The summed E-state index contributed by atoms with van der Waals surface area (Å²) in [7, 11) is -2.27. The topological polar surface area (TPSA) is 55.4 Å². The van der Waals surface area contributed by atoms with E-state index in [9.17, 15) is 8.42 Å². The summed E-state index contributed by atoms with van der Waals surface area (Å²) in [5, 5.41) is 2.28. The number of thiophene rings is 1. The van der Waals surface area contributed by atoms with Crippen LogP contribution in [0.5, 0.6) is 5.75 Å². The molecule has 1 aromatic carbocycles. The van der Waals surface area contributed by atoms with Crippen molar-refractivity contribution >= 4 is 48.9 Å². The number of rotatable bonds is 6. The zero-order valence-electron chi connectivity index (χ0n) is 11.1. The lowest BCUT2D eigenvalue weighted by atomic mass is 10.3. The van der Waals surface area contributed by atoms with Crippen LogP contribution < -0.4 is 9.46 Å². The number of methoxy groups -OCH3 is 1. The normalized spacial score (nSPS) is 11.6. The van der Waals surface area contributed by atoms with Gasteiger partial charge in [0.15, 0.2) is 5.75 Å². The van der Waals surface area contributed by atoms with Crippen molar-refractivity contribution in [1.29, 1.82) is 0 Å². The van der Waals surface area contributed by atoms with Crippen LogP contribution in [0.15, 0.2) is 39.0 Å². The van der Waals surface area contributed by atoms with Gasteiger partial charge in [0.1, 0.15) is 4.90 Å². The molecule has 21 heavy (non-hydrogen) atoms. The number of nitrogens with one attached hydrogen (secondary N) is 1. The lowest BCUT2D eigenvalue weighted by molar-refractivity contribution is 0.399. The van der Waals surface area contributed by atoms with Crippen LogP contribution >= 0.6 is 38.9 Å². The molecule has 0 spiro atoms. The standard InChI is InChI=1S/C13H13BrClNO3S2/c1-19-13-11(14)7-9(15)8-12(13)21(17,18)16-5-4-10-3-2-6-20-10/h2-3,6-8,16H,4-5H2,1H3. The van der Waals surface area contributed by atoms with E-state index in [2.05, 4.69) is 20.7 Å². The van der Waals surface area contributed by atoms with Gasteiger partial charge in [-0.3, -0.25) is 0 Å². The molecular weight excluding hydrogens is 398 g/mol. The number of hydrogen-bond acceptors (Lipinski definition) is 4. The average Bonchev–Trinajstić information content (AvgIpc) is 2.91. The highest BCUT2D eigenvalue weighted by Gasteiger charge is 2.22. The Bertz CT molecular complexity index is 717. The molecule has 0 aliphatic heterocycles. The van der Waals surface area contributed by atoms with Crippen LogP contribution in [0.1, 0.15) is 4.88 Å². The number of benzene rings is 1. The third-order valence-corrected chi connectivity index (χ3v) is 5.92. The molecule has 2 rings (SSSR count). The Hall–Kier alpha value is -0.600. The maximum Gasteiger partial charge on any atom is 0.244 e. The van der Waals surface area contributed by atoms with Crippen LogP contribution in [0.2, 0.25) is 5.02 Å². The van der Waals surface area contributed by atoms with E-state index in [0.717, 1.165) is 4.88 Å². The van der Waals surface area contributed by atoms with Crippen LogP contribution in [-0.4, -0.2) is 22.1 Å². The van der Waals surface area contributed by atoms with Crippen molar-refractivity contribution in [2.75, 3.05) is 13.7 Å². The second kappa shape index (κ2) is 7.11. The minimum Gasteiger partial charge on any atom is -0.494 e. The van der Waals surface area contributed by atoms with Crippen molar-refractivity contribution in [3.8, 4) is 5.75 Å². The maximum atomic E-state index is 12.4. The Morgan fingerprint density at radius 2 is 2.19 bits per heavy atom. The molecule has 0 unspecified atom stereocenters. The highest BCUT2D eigenvalue weighted by Crippen LogP contribution is 2.35.